The molecule has 92 valence electrons. The molecule has 1 rings (SSSR count). The second-order valence-corrected chi connectivity index (χ2v) is 4.42. The van der Waals surface area contributed by atoms with Gasteiger partial charge in [0, 0.05) is 5.56 Å². The van der Waals surface area contributed by atoms with Crippen LogP contribution in [0.4, 0.5) is 0 Å². The summed E-state index contributed by atoms with van der Waals surface area (Å²) in [6, 6.07) is 7.84. The summed E-state index contributed by atoms with van der Waals surface area (Å²) >= 11 is 0. The van der Waals surface area contributed by atoms with Gasteiger partial charge in [0.2, 0.25) is 0 Å². The van der Waals surface area contributed by atoms with Gasteiger partial charge in [0.15, 0.2) is 0 Å². The van der Waals surface area contributed by atoms with Gasteiger partial charge >= 0.3 is 0 Å². The third-order valence-electron chi connectivity index (χ3n) is 2.36. The van der Waals surface area contributed by atoms with Gasteiger partial charge in [-0.05, 0) is 37.0 Å². The van der Waals surface area contributed by atoms with E-state index in [9.17, 15) is 0 Å². The van der Waals surface area contributed by atoms with Gasteiger partial charge in [-0.1, -0.05) is 31.8 Å². The smallest absolute Gasteiger partial charge is 0.120 e. The van der Waals surface area contributed by atoms with Crippen LogP contribution in [0.2, 0.25) is 0 Å². The summed E-state index contributed by atoms with van der Waals surface area (Å²) in [5, 5.41) is 0. The average Bonchev–Trinajstić information content (AvgIpc) is 2.32. The van der Waals surface area contributed by atoms with Crippen molar-refractivity contribution in [2.24, 2.45) is 11.7 Å². The predicted molar refractivity (Wildman–Crippen MR) is 71.9 cm³/mol. The number of benzene rings is 1. The van der Waals surface area contributed by atoms with Gasteiger partial charge in [0.25, 0.3) is 0 Å². The van der Waals surface area contributed by atoms with Gasteiger partial charge < -0.3 is 10.5 Å². The second kappa shape index (κ2) is 7.76. The first-order valence-corrected chi connectivity index (χ1v) is 6.14. The highest BCUT2D eigenvalue weighted by molar-refractivity contribution is 5.39. The van der Waals surface area contributed by atoms with Gasteiger partial charge in [0.1, 0.15) is 5.75 Å². The van der Waals surface area contributed by atoms with Crippen molar-refractivity contribution < 1.29 is 4.74 Å². The minimum absolute atomic E-state index is 0.388. The highest BCUT2D eigenvalue weighted by Gasteiger charge is 1.97. The van der Waals surface area contributed by atoms with Crippen LogP contribution in [-0.2, 0) is 0 Å². The molecule has 0 bridgehead atoms. The molecule has 2 N–H and O–H groups in total. The van der Waals surface area contributed by atoms with E-state index in [4.69, 9.17) is 10.5 Å². The van der Waals surface area contributed by atoms with Crippen molar-refractivity contribution in [2.45, 2.75) is 26.7 Å². The molecule has 0 saturated carbocycles. The molecule has 1 aromatic carbocycles. The van der Waals surface area contributed by atoms with E-state index in [0.29, 0.717) is 6.54 Å². The molecule has 0 saturated heterocycles. The largest absolute Gasteiger partial charge is 0.494 e. The Morgan fingerprint density at radius 3 is 2.88 bits per heavy atom. The number of hydrogen-bond acceptors (Lipinski definition) is 2. The normalized spacial score (nSPS) is 9.88. The molecule has 2 nitrogen and oxygen atoms in total. The second-order valence-electron chi connectivity index (χ2n) is 4.42. The molecule has 0 aliphatic rings. The van der Waals surface area contributed by atoms with Crippen LogP contribution >= 0.6 is 0 Å². The Morgan fingerprint density at radius 1 is 1.35 bits per heavy atom. The zero-order valence-electron chi connectivity index (χ0n) is 10.7. The van der Waals surface area contributed by atoms with E-state index < -0.39 is 0 Å². The molecule has 0 aromatic heterocycles. The van der Waals surface area contributed by atoms with E-state index in [1.54, 1.807) is 0 Å². The summed E-state index contributed by atoms with van der Waals surface area (Å²) in [5.74, 6) is 7.46. The van der Waals surface area contributed by atoms with Gasteiger partial charge in [0.05, 0.1) is 13.2 Å². The fourth-order valence-corrected chi connectivity index (χ4v) is 1.50. The summed E-state index contributed by atoms with van der Waals surface area (Å²) in [6.07, 6.45) is 2.29. The standard InChI is InChI=1S/C15H21NO/c1-13(2)6-5-11-17-15-9-3-7-14(12-15)8-4-10-16/h3,7,9,12-13H,5-6,10-11,16H2,1-2H3. The fraction of sp³-hybridized carbons (Fsp3) is 0.467. The monoisotopic (exact) mass is 231 g/mol. The zero-order chi connectivity index (χ0) is 12.5. The molecule has 0 radical (unpaired) electrons. The minimum Gasteiger partial charge on any atom is -0.494 e. The first-order chi connectivity index (χ1) is 8.22. The first-order valence-electron chi connectivity index (χ1n) is 6.14. The average molecular weight is 231 g/mol. The van der Waals surface area contributed by atoms with Crippen molar-refractivity contribution in [3.8, 4) is 17.6 Å². The molecule has 0 fully saturated rings. The zero-order valence-corrected chi connectivity index (χ0v) is 10.7. The third kappa shape index (κ3) is 5.99. The quantitative estimate of drug-likeness (QED) is 0.624. The number of nitrogens with two attached hydrogens (primary N) is 1. The maximum Gasteiger partial charge on any atom is 0.120 e. The van der Waals surface area contributed by atoms with Crippen LogP contribution in [0.25, 0.3) is 0 Å². The predicted octanol–water partition coefficient (Wildman–Crippen LogP) is 2.81. The molecular formula is C15H21NO. The SMILES string of the molecule is CC(C)CCCOc1cccc(C#CCN)c1. The molecule has 0 aliphatic carbocycles. The van der Waals surface area contributed by atoms with Gasteiger partial charge in [-0.25, -0.2) is 0 Å². The fourth-order valence-electron chi connectivity index (χ4n) is 1.50. The Morgan fingerprint density at radius 2 is 2.18 bits per heavy atom. The van der Waals surface area contributed by atoms with Crippen molar-refractivity contribution in [3.05, 3.63) is 29.8 Å². The van der Waals surface area contributed by atoms with Gasteiger partial charge in [-0.3, -0.25) is 0 Å². The van der Waals surface area contributed by atoms with Crippen LogP contribution in [0.3, 0.4) is 0 Å². The van der Waals surface area contributed by atoms with Gasteiger partial charge in [-0.15, -0.1) is 0 Å². The summed E-state index contributed by atoms with van der Waals surface area (Å²) in [7, 11) is 0. The van der Waals surface area contributed by atoms with Crippen LogP contribution in [-0.4, -0.2) is 13.2 Å². The maximum atomic E-state index is 5.68. The first kappa shape index (κ1) is 13.6. The van der Waals surface area contributed by atoms with Crippen molar-refractivity contribution in [2.75, 3.05) is 13.2 Å². The Bertz CT molecular complexity index is 387. The number of ether oxygens (including phenoxy) is 1. The van der Waals surface area contributed by atoms with Crippen molar-refractivity contribution in [1.82, 2.24) is 0 Å². The summed E-state index contributed by atoms with van der Waals surface area (Å²) < 4.78 is 5.68. The lowest BCUT2D eigenvalue weighted by molar-refractivity contribution is 0.297. The molecule has 0 aliphatic heterocycles. The number of hydrogen-bond donors (Lipinski definition) is 1. The molecule has 1 aromatic rings. The van der Waals surface area contributed by atoms with Crippen LogP contribution in [0, 0.1) is 17.8 Å². The lowest BCUT2D eigenvalue weighted by Crippen LogP contribution is -1.99. The van der Waals surface area contributed by atoms with Crippen molar-refractivity contribution in [1.29, 1.82) is 0 Å². The summed E-state index contributed by atoms with van der Waals surface area (Å²) in [4.78, 5) is 0. The summed E-state index contributed by atoms with van der Waals surface area (Å²) in [5.41, 5.74) is 6.29. The van der Waals surface area contributed by atoms with Crippen LogP contribution < -0.4 is 10.5 Å². The third-order valence-corrected chi connectivity index (χ3v) is 2.36. The summed E-state index contributed by atoms with van der Waals surface area (Å²) in [6.45, 7) is 5.61. The lowest BCUT2D eigenvalue weighted by Gasteiger charge is -2.07. The Labute approximate surface area is 104 Å². The highest BCUT2D eigenvalue weighted by atomic mass is 16.5. The Kier molecular flexibility index (Phi) is 6.21. The molecule has 0 atom stereocenters. The molecule has 17 heavy (non-hydrogen) atoms. The molecule has 0 unspecified atom stereocenters. The molecule has 0 amide bonds. The molecule has 0 spiro atoms. The van der Waals surface area contributed by atoms with Crippen LogP contribution in [0.1, 0.15) is 32.3 Å². The van der Waals surface area contributed by atoms with E-state index in [1.165, 1.54) is 6.42 Å². The molecule has 0 heterocycles. The number of rotatable bonds is 5. The van der Waals surface area contributed by atoms with Crippen LogP contribution in [0.5, 0.6) is 5.75 Å². The van der Waals surface area contributed by atoms with Crippen molar-refractivity contribution in [3.63, 3.8) is 0 Å². The highest BCUT2D eigenvalue weighted by Crippen LogP contribution is 2.13. The van der Waals surface area contributed by atoms with Crippen LogP contribution in [0.15, 0.2) is 24.3 Å². The van der Waals surface area contributed by atoms with E-state index in [1.807, 2.05) is 24.3 Å². The van der Waals surface area contributed by atoms with Crippen molar-refractivity contribution >= 4 is 0 Å². The minimum atomic E-state index is 0.388. The topological polar surface area (TPSA) is 35.2 Å². The van der Waals surface area contributed by atoms with E-state index in [2.05, 4.69) is 25.7 Å². The van der Waals surface area contributed by atoms with Gasteiger partial charge in [-0.2, -0.15) is 0 Å². The van der Waals surface area contributed by atoms with E-state index in [-0.39, 0.29) is 0 Å². The van der Waals surface area contributed by atoms with E-state index in [0.717, 1.165) is 30.3 Å². The molecule has 2 heteroatoms. The maximum absolute atomic E-state index is 5.68. The molecular weight excluding hydrogens is 210 g/mol. The van der Waals surface area contributed by atoms with E-state index >= 15 is 0 Å². The Hall–Kier alpha value is -1.46. The Balaban J connectivity index is 2.43. The lowest BCUT2D eigenvalue weighted by atomic mass is 10.1.